The smallest absolute Gasteiger partial charge is 0.0944 e. The molecule has 5 aromatic carbocycles. The van der Waals surface area contributed by atoms with Crippen molar-refractivity contribution in [1.29, 1.82) is 5.26 Å². The Labute approximate surface area is 182 Å². The molecule has 1 nitrogen and oxygen atoms in total. The Balaban J connectivity index is 1.83. The first-order valence-electron chi connectivity index (χ1n) is 10.4. The van der Waals surface area contributed by atoms with E-state index in [1.165, 1.54) is 43.8 Å². The molecule has 0 aliphatic heterocycles. The Morgan fingerprint density at radius 3 is 1.45 bits per heavy atom. The van der Waals surface area contributed by atoms with Crippen molar-refractivity contribution in [3.05, 3.63) is 114 Å². The molecule has 146 valence electrons. The summed E-state index contributed by atoms with van der Waals surface area (Å²) in [6, 6.07) is 38.7. The predicted octanol–water partition coefficient (Wildman–Crippen LogP) is 8.25. The van der Waals surface area contributed by atoms with Crippen LogP contribution >= 0.6 is 0 Å². The van der Waals surface area contributed by atoms with Gasteiger partial charge in [0.2, 0.25) is 0 Å². The molecule has 31 heavy (non-hydrogen) atoms. The fourth-order valence-corrected chi connectivity index (χ4v) is 4.38. The summed E-state index contributed by atoms with van der Waals surface area (Å²) in [7, 11) is 0. The van der Waals surface area contributed by atoms with E-state index in [4.69, 9.17) is 5.26 Å². The van der Waals surface area contributed by atoms with Gasteiger partial charge in [0.05, 0.1) is 6.07 Å². The molecular weight excluding hydrogens is 374 g/mol. The molecule has 0 heterocycles. The number of nitriles is 1. The third-order valence-electron chi connectivity index (χ3n) is 5.75. The van der Waals surface area contributed by atoms with Gasteiger partial charge in [-0.25, -0.2) is 0 Å². The average molecular weight is 396 g/mol. The molecule has 0 aliphatic rings. The molecule has 0 aliphatic carbocycles. The molecule has 0 amide bonds. The standard InChI is InChI=1S/C30H21N/c1-21(20-31)19-22-15-17-24(18-16-22)30-27-13-7-5-11-25(27)29(23-9-3-2-4-10-23)26-12-6-8-14-28(26)30/h2-19H,1H3/b21-19-. The zero-order valence-electron chi connectivity index (χ0n) is 17.3. The van der Waals surface area contributed by atoms with E-state index in [1.807, 2.05) is 13.0 Å². The summed E-state index contributed by atoms with van der Waals surface area (Å²) in [6.45, 7) is 1.83. The first-order chi connectivity index (χ1) is 15.3. The SMILES string of the molecule is C/C(C#N)=C/c1ccc(-c2c3ccccc3c(-c3ccccc3)c3ccccc23)cc1. The van der Waals surface area contributed by atoms with Crippen molar-refractivity contribution >= 4 is 27.6 Å². The molecule has 0 unspecified atom stereocenters. The molecule has 5 rings (SSSR count). The Kier molecular flexibility index (Phi) is 4.83. The lowest BCUT2D eigenvalue weighted by Gasteiger charge is -2.17. The normalized spacial score (nSPS) is 11.5. The third kappa shape index (κ3) is 3.39. The molecule has 0 spiro atoms. The third-order valence-corrected chi connectivity index (χ3v) is 5.75. The maximum Gasteiger partial charge on any atom is 0.0944 e. The van der Waals surface area contributed by atoms with Crippen LogP contribution in [0.5, 0.6) is 0 Å². The van der Waals surface area contributed by atoms with Gasteiger partial charge in [0.1, 0.15) is 0 Å². The summed E-state index contributed by atoms with van der Waals surface area (Å²) in [6.07, 6.45) is 1.92. The highest BCUT2D eigenvalue weighted by molar-refractivity contribution is 6.21. The van der Waals surface area contributed by atoms with E-state index in [2.05, 4.69) is 109 Å². The predicted molar refractivity (Wildman–Crippen MR) is 132 cm³/mol. The van der Waals surface area contributed by atoms with Crippen molar-refractivity contribution in [3.8, 4) is 28.3 Å². The number of hydrogen-bond acceptors (Lipinski definition) is 1. The largest absolute Gasteiger partial charge is 0.193 e. The van der Waals surface area contributed by atoms with Crippen molar-refractivity contribution in [2.24, 2.45) is 0 Å². The van der Waals surface area contributed by atoms with Crippen LogP contribution in [0.3, 0.4) is 0 Å². The second-order valence-electron chi connectivity index (χ2n) is 7.77. The van der Waals surface area contributed by atoms with E-state index in [1.54, 1.807) is 0 Å². The first-order valence-corrected chi connectivity index (χ1v) is 10.4. The van der Waals surface area contributed by atoms with E-state index in [0.29, 0.717) is 5.57 Å². The van der Waals surface area contributed by atoms with Gasteiger partial charge in [0.15, 0.2) is 0 Å². The monoisotopic (exact) mass is 395 g/mol. The second kappa shape index (κ2) is 7.94. The van der Waals surface area contributed by atoms with E-state index in [0.717, 1.165) is 5.56 Å². The van der Waals surface area contributed by atoms with Gasteiger partial charge in [-0.2, -0.15) is 5.26 Å². The number of hydrogen-bond donors (Lipinski definition) is 0. The van der Waals surface area contributed by atoms with Gasteiger partial charge in [-0.05, 0) is 62.4 Å². The van der Waals surface area contributed by atoms with E-state index in [9.17, 15) is 0 Å². The number of nitrogens with zero attached hydrogens (tertiary/aromatic N) is 1. The highest BCUT2D eigenvalue weighted by atomic mass is 14.2. The van der Waals surface area contributed by atoms with Gasteiger partial charge in [0, 0.05) is 5.57 Å². The molecule has 0 atom stereocenters. The fraction of sp³-hybridized carbons (Fsp3) is 0.0333. The van der Waals surface area contributed by atoms with Crippen molar-refractivity contribution in [2.75, 3.05) is 0 Å². The summed E-state index contributed by atoms with van der Waals surface area (Å²) < 4.78 is 0. The van der Waals surface area contributed by atoms with Gasteiger partial charge in [0.25, 0.3) is 0 Å². The highest BCUT2D eigenvalue weighted by Crippen LogP contribution is 2.43. The van der Waals surface area contributed by atoms with Crippen LogP contribution in [0.4, 0.5) is 0 Å². The number of fused-ring (bicyclic) bond motifs is 2. The van der Waals surface area contributed by atoms with Crippen molar-refractivity contribution < 1.29 is 0 Å². The molecule has 1 heteroatoms. The van der Waals surface area contributed by atoms with Gasteiger partial charge >= 0.3 is 0 Å². The van der Waals surface area contributed by atoms with E-state index >= 15 is 0 Å². The molecule has 0 saturated carbocycles. The Bertz CT molecular complexity index is 1410. The fourth-order valence-electron chi connectivity index (χ4n) is 4.38. The van der Waals surface area contributed by atoms with Crippen molar-refractivity contribution in [1.82, 2.24) is 0 Å². The van der Waals surface area contributed by atoms with Gasteiger partial charge < -0.3 is 0 Å². The van der Waals surface area contributed by atoms with E-state index in [-0.39, 0.29) is 0 Å². The lowest BCUT2D eigenvalue weighted by Crippen LogP contribution is -1.90. The minimum atomic E-state index is 0.705. The molecule has 5 aromatic rings. The molecule has 0 N–H and O–H groups in total. The minimum absolute atomic E-state index is 0.705. The zero-order chi connectivity index (χ0) is 21.2. The summed E-state index contributed by atoms with van der Waals surface area (Å²) in [4.78, 5) is 0. The van der Waals surface area contributed by atoms with Crippen LogP contribution in [0, 0.1) is 11.3 Å². The minimum Gasteiger partial charge on any atom is -0.193 e. The molecule has 0 bridgehead atoms. The number of allylic oxidation sites excluding steroid dienone is 1. The van der Waals surface area contributed by atoms with Crippen LogP contribution in [-0.4, -0.2) is 0 Å². The Morgan fingerprint density at radius 2 is 1.00 bits per heavy atom. The van der Waals surface area contributed by atoms with Crippen LogP contribution in [-0.2, 0) is 0 Å². The first kappa shape index (κ1) is 18.9. The summed E-state index contributed by atoms with van der Waals surface area (Å²) in [5.74, 6) is 0. The van der Waals surface area contributed by atoms with Crippen LogP contribution in [0.1, 0.15) is 12.5 Å². The van der Waals surface area contributed by atoms with Gasteiger partial charge in [-0.15, -0.1) is 0 Å². The van der Waals surface area contributed by atoms with Crippen LogP contribution < -0.4 is 0 Å². The zero-order valence-corrected chi connectivity index (χ0v) is 17.3. The van der Waals surface area contributed by atoms with Crippen LogP contribution in [0.25, 0.3) is 49.9 Å². The summed E-state index contributed by atoms with van der Waals surface area (Å²) >= 11 is 0. The molecule has 0 radical (unpaired) electrons. The second-order valence-corrected chi connectivity index (χ2v) is 7.77. The maximum absolute atomic E-state index is 9.07. The maximum atomic E-state index is 9.07. The Morgan fingerprint density at radius 1 is 0.581 bits per heavy atom. The lowest BCUT2D eigenvalue weighted by atomic mass is 9.86. The summed E-state index contributed by atoms with van der Waals surface area (Å²) in [5.41, 5.74) is 6.68. The quantitative estimate of drug-likeness (QED) is 0.223. The van der Waals surface area contributed by atoms with E-state index < -0.39 is 0 Å². The van der Waals surface area contributed by atoms with Crippen molar-refractivity contribution in [3.63, 3.8) is 0 Å². The molecule has 0 saturated heterocycles. The van der Waals surface area contributed by atoms with Crippen LogP contribution in [0.2, 0.25) is 0 Å². The topological polar surface area (TPSA) is 23.8 Å². The number of rotatable bonds is 3. The van der Waals surface area contributed by atoms with Crippen LogP contribution in [0.15, 0.2) is 109 Å². The lowest BCUT2D eigenvalue weighted by molar-refractivity contribution is 1.46. The average Bonchev–Trinajstić information content (AvgIpc) is 2.83. The van der Waals surface area contributed by atoms with Crippen molar-refractivity contribution in [2.45, 2.75) is 6.92 Å². The molecule has 0 fully saturated rings. The number of benzene rings is 5. The Hall–Kier alpha value is -4.15. The summed E-state index contributed by atoms with van der Waals surface area (Å²) in [5, 5.41) is 14.1. The van der Waals surface area contributed by atoms with Gasteiger partial charge in [-0.3, -0.25) is 0 Å². The highest BCUT2D eigenvalue weighted by Gasteiger charge is 2.15. The molecule has 0 aromatic heterocycles. The van der Waals surface area contributed by atoms with Gasteiger partial charge in [-0.1, -0.05) is 103 Å². The molecular formula is C30H21N.